The normalized spacial score (nSPS) is 14.9. The molecule has 1 fully saturated rings. The van der Waals surface area contributed by atoms with Gasteiger partial charge in [0.1, 0.15) is 35.2 Å². The zero-order chi connectivity index (χ0) is 22.2. The minimum Gasteiger partial charge on any atom is -0.508 e. The summed E-state index contributed by atoms with van der Waals surface area (Å²) in [5.74, 6) is 0.396. The number of fused-ring (bicyclic) bond motifs is 1. The summed E-state index contributed by atoms with van der Waals surface area (Å²) in [7, 11) is 2.11. The molecular formula is C22H23FN8O. The Kier molecular flexibility index (Phi) is 5.06. The lowest BCUT2D eigenvalue weighted by Gasteiger charge is -2.34. The van der Waals surface area contributed by atoms with Crippen LogP contribution in [0.5, 0.6) is 5.75 Å². The maximum atomic E-state index is 14.0. The van der Waals surface area contributed by atoms with Gasteiger partial charge < -0.3 is 20.6 Å². The summed E-state index contributed by atoms with van der Waals surface area (Å²) in [4.78, 5) is 17.7. The van der Waals surface area contributed by atoms with Crippen molar-refractivity contribution in [1.29, 1.82) is 0 Å². The molecule has 10 heteroatoms. The van der Waals surface area contributed by atoms with Gasteiger partial charge in [-0.3, -0.25) is 0 Å². The lowest BCUT2D eigenvalue weighted by atomic mass is 10.1. The summed E-state index contributed by atoms with van der Waals surface area (Å²) in [5, 5.41) is 15.1. The first-order chi connectivity index (χ1) is 15.5. The second-order valence-corrected chi connectivity index (χ2v) is 7.94. The molecule has 1 aliphatic heterocycles. The van der Waals surface area contributed by atoms with E-state index in [1.807, 2.05) is 12.1 Å². The highest BCUT2D eigenvalue weighted by Gasteiger charge is 2.21. The first kappa shape index (κ1) is 20.1. The summed E-state index contributed by atoms with van der Waals surface area (Å²) < 4.78 is 15.7. The summed E-state index contributed by atoms with van der Waals surface area (Å²) in [5.41, 5.74) is 8.49. The van der Waals surface area contributed by atoms with Crippen molar-refractivity contribution in [3.05, 3.63) is 54.2 Å². The molecule has 9 nitrogen and oxygen atoms in total. The molecule has 1 aromatic carbocycles. The van der Waals surface area contributed by atoms with Gasteiger partial charge in [0.05, 0.1) is 11.9 Å². The van der Waals surface area contributed by atoms with Crippen LogP contribution in [0.1, 0.15) is 5.56 Å². The van der Waals surface area contributed by atoms with Gasteiger partial charge in [-0.05, 0) is 25.2 Å². The molecular weight excluding hydrogens is 411 g/mol. The van der Waals surface area contributed by atoms with E-state index in [2.05, 4.69) is 31.8 Å². The van der Waals surface area contributed by atoms with Gasteiger partial charge in [-0.25, -0.2) is 24.0 Å². The first-order valence-corrected chi connectivity index (χ1v) is 10.3. The molecule has 4 heterocycles. The van der Waals surface area contributed by atoms with Gasteiger partial charge >= 0.3 is 0 Å². The lowest BCUT2D eigenvalue weighted by Crippen LogP contribution is -2.45. The molecule has 0 bridgehead atoms. The van der Waals surface area contributed by atoms with Crippen molar-refractivity contribution >= 4 is 22.7 Å². The highest BCUT2D eigenvalue weighted by atomic mass is 19.1. The second-order valence-electron chi connectivity index (χ2n) is 7.94. The number of rotatable bonds is 4. The van der Waals surface area contributed by atoms with E-state index in [4.69, 9.17) is 10.8 Å². The minimum absolute atomic E-state index is 0.192. The van der Waals surface area contributed by atoms with E-state index in [0.717, 1.165) is 43.6 Å². The van der Waals surface area contributed by atoms with Gasteiger partial charge in [-0.15, -0.1) is 0 Å². The van der Waals surface area contributed by atoms with Crippen LogP contribution in [0.4, 0.5) is 16.0 Å². The molecule has 3 N–H and O–H groups in total. The molecule has 3 aromatic heterocycles. The molecule has 0 amide bonds. The van der Waals surface area contributed by atoms with Crippen molar-refractivity contribution in [3.8, 4) is 17.0 Å². The molecule has 32 heavy (non-hydrogen) atoms. The second kappa shape index (κ2) is 8.04. The molecule has 5 rings (SSSR count). The topological polar surface area (TPSA) is 109 Å². The van der Waals surface area contributed by atoms with E-state index in [0.29, 0.717) is 28.8 Å². The third-order valence-corrected chi connectivity index (χ3v) is 5.71. The van der Waals surface area contributed by atoms with Crippen LogP contribution in [0.2, 0.25) is 0 Å². The number of piperazine rings is 1. The van der Waals surface area contributed by atoms with E-state index in [-0.39, 0.29) is 11.6 Å². The number of phenolic OH excluding ortho intramolecular Hbond substituents is 1. The maximum Gasteiger partial charge on any atom is 0.164 e. The van der Waals surface area contributed by atoms with E-state index in [1.54, 1.807) is 10.9 Å². The average molecular weight is 434 g/mol. The molecule has 0 radical (unpaired) electrons. The molecule has 4 aromatic rings. The van der Waals surface area contributed by atoms with E-state index >= 15 is 0 Å². The maximum absolute atomic E-state index is 14.0. The van der Waals surface area contributed by atoms with Crippen molar-refractivity contribution in [3.63, 3.8) is 0 Å². The zero-order valence-corrected chi connectivity index (χ0v) is 17.6. The lowest BCUT2D eigenvalue weighted by molar-refractivity contribution is 0.311. The third kappa shape index (κ3) is 3.69. The summed E-state index contributed by atoms with van der Waals surface area (Å²) in [6.07, 6.45) is 3.17. The van der Waals surface area contributed by atoms with Crippen LogP contribution in [0.25, 0.3) is 22.3 Å². The van der Waals surface area contributed by atoms with Gasteiger partial charge in [0, 0.05) is 49.6 Å². The Morgan fingerprint density at radius 1 is 1.09 bits per heavy atom. The van der Waals surface area contributed by atoms with Crippen LogP contribution in [0, 0.1) is 5.82 Å². The Bertz CT molecular complexity index is 1260. The van der Waals surface area contributed by atoms with Crippen molar-refractivity contribution in [2.45, 2.75) is 6.54 Å². The number of benzene rings is 1. The highest BCUT2D eigenvalue weighted by Crippen LogP contribution is 2.33. The standard InChI is InChI=1S/C22H23FN8O/c1-29-5-7-30(8-6-29)21-14(3-2-4-25-21)12-31-22-18(20(24)26-13-27-22)19(28-31)15-9-16(23)11-17(32)10-15/h2-4,9-11,13,32H,5-8,12H2,1H3,(H2,24,26,27). The molecule has 164 valence electrons. The molecule has 0 atom stereocenters. The number of phenols is 1. The number of pyridine rings is 1. The number of hydrogen-bond donors (Lipinski definition) is 2. The molecule has 1 aliphatic rings. The predicted molar refractivity (Wildman–Crippen MR) is 120 cm³/mol. The molecule has 1 saturated heterocycles. The van der Waals surface area contributed by atoms with Crippen molar-refractivity contribution in [1.82, 2.24) is 29.6 Å². The fourth-order valence-electron chi connectivity index (χ4n) is 4.07. The monoisotopic (exact) mass is 434 g/mol. The fraction of sp³-hybridized carbons (Fsp3) is 0.273. The number of aromatic nitrogens is 5. The molecule has 0 spiro atoms. The summed E-state index contributed by atoms with van der Waals surface area (Å²) >= 11 is 0. The van der Waals surface area contributed by atoms with Crippen molar-refractivity contribution in [2.75, 3.05) is 43.9 Å². The van der Waals surface area contributed by atoms with Crippen LogP contribution < -0.4 is 10.6 Å². The predicted octanol–water partition coefficient (Wildman–Crippen LogP) is 2.12. The number of halogens is 1. The Morgan fingerprint density at radius 3 is 2.69 bits per heavy atom. The Morgan fingerprint density at radius 2 is 1.91 bits per heavy atom. The van der Waals surface area contributed by atoms with Gasteiger partial charge in [0.15, 0.2) is 5.65 Å². The van der Waals surface area contributed by atoms with Crippen LogP contribution in [0.15, 0.2) is 42.9 Å². The van der Waals surface area contributed by atoms with E-state index < -0.39 is 5.82 Å². The van der Waals surface area contributed by atoms with Crippen molar-refractivity contribution in [2.24, 2.45) is 0 Å². The van der Waals surface area contributed by atoms with Crippen LogP contribution in [0.3, 0.4) is 0 Å². The van der Waals surface area contributed by atoms with Gasteiger partial charge in [0.2, 0.25) is 0 Å². The van der Waals surface area contributed by atoms with Gasteiger partial charge in [-0.1, -0.05) is 6.07 Å². The minimum atomic E-state index is -0.567. The number of hydrogen-bond acceptors (Lipinski definition) is 8. The third-order valence-electron chi connectivity index (χ3n) is 5.71. The van der Waals surface area contributed by atoms with Gasteiger partial charge in [0.25, 0.3) is 0 Å². The molecule has 0 unspecified atom stereocenters. The Labute approximate surface area is 183 Å². The average Bonchev–Trinajstić information content (AvgIpc) is 3.14. The van der Waals surface area contributed by atoms with Crippen LogP contribution in [-0.2, 0) is 6.54 Å². The van der Waals surface area contributed by atoms with E-state index in [1.165, 1.54) is 18.5 Å². The SMILES string of the molecule is CN1CCN(c2ncccc2Cn2nc(-c3cc(O)cc(F)c3)c3c(N)ncnc32)CC1. The summed E-state index contributed by atoms with van der Waals surface area (Å²) in [6, 6.07) is 7.71. The highest BCUT2D eigenvalue weighted by molar-refractivity contribution is 5.98. The number of nitrogens with two attached hydrogens (primary N) is 1. The number of nitrogens with zero attached hydrogens (tertiary/aromatic N) is 7. The van der Waals surface area contributed by atoms with Crippen LogP contribution >= 0.6 is 0 Å². The van der Waals surface area contributed by atoms with Crippen molar-refractivity contribution < 1.29 is 9.50 Å². The fourth-order valence-corrected chi connectivity index (χ4v) is 4.07. The first-order valence-electron chi connectivity index (χ1n) is 10.3. The van der Waals surface area contributed by atoms with Crippen LogP contribution in [-0.4, -0.2) is 68.0 Å². The quantitative estimate of drug-likeness (QED) is 0.503. The molecule has 0 aliphatic carbocycles. The number of nitrogen functional groups attached to an aromatic ring is 1. The number of aromatic hydroxyl groups is 1. The number of anilines is 2. The smallest absolute Gasteiger partial charge is 0.164 e. The van der Waals surface area contributed by atoms with Gasteiger partial charge in [-0.2, -0.15) is 5.10 Å². The Hall–Kier alpha value is -3.79. The largest absolute Gasteiger partial charge is 0.508 e. The Balaban J connectivity index is 1.59. The summed E-state index contributed by atoms with van der Waals surface area (Å²) in [6.45, 7) is 4.13. The molecule has 0 saturated carbocycles. The zero-order valence-electron chi connectivity index (χ0n) is 17.6. The van der Waals surface area contributed by atoms with E-state index in [9.17, 15) is 9.50 Å². The number of likely N-dealkylation sites (N-methyl/N-ethyl adjacent to an activating group) is 1.